The van der Waals surface area contributed by atoms with E-state index in [0.29, 0.717) is 11.8 Å². The molecule has 0 radical (unpaired) electrons. The van der Waals surface area contributed by atoms with Gasteiger partial charge in [-0.1, -0.05) is 28.2 Å². The van der Waals surface area contributed by atoms with Crippen LogP contribution in [0.2, 0.25) is 0 Å². The average molecular weight is 172 g/mol. The first-order chi connectivity index (χ1) is 5.11. The zero-order chi connectivity index (χ0) is 8.43. The Labute approximate surface area is 77.2 Å². The molecule has 1 fully saturated rings. The Morgan fingerprint density at radius 1 is 1.25 bits per heavy atom. The van der Waals surface area contributed by atoms with Crippen LogP contribution in [0, 0.1) is 17.8 Å². The molecular formula is C11H24O. The number of aliphatic hydroxyl groups excluding tert-OH is 1. The summed E-state index contributed by atoms with van der Waals surface area (Å²) < 4.78 is 0. The molecule has 1 heteroatoms. The summed E-state index contributed by atoms with van der Waals surface area (Å²) in [5.41, 5.74) is 0. The lowest BCUT2D eigenvalue weighted by atomic mass is 9.75. The number of hydrogen-bond acceptors (Lipinski definition) is 1. The van der Waals surface area contributed by atoms with Gasteiger partial charge in [0.25, 0.3) is 0 Å². The molecule has 0 aliphatic heterocycles. The van der Waals surface area contributed by atoms with Crippen molar-refractivity contribution in [1.82, 2.24) is 0 Å². The Morgan fingerprint density at radius 2 is 1.83 bits per heavy atom. The van der Waals surface area contributed by atoms with Crippen LogP contribution in [-0.4, -0.2) is 11.2 Å². The monoisotopic (exact) mass is 172 g/mol. The Morgan fingerprint density at radius 3 is 2.25 bits per heavy atom. The molecular weight excluding hydrogens is 148 g/mol. The first-order valence-corrected chi connectivity index (χ1v) is 4.79. The van der Waals surface area contributed by atoms with Crippen molar-refractivity contribution in [1.29, 1.82) is 0 Å². The maximum Gasteiger partial charge on any atom is 0.0571 e. The summed E-state index contributed by atoms with van der Waals surface area (Å²) in [4.78, 5) is 0. The molecule has 0 aromatic rings. The molecule has 12 heavy (non-hydrogen) atoms. The molecule has 1 N–H and O–H groups in total. The van der Waals surface area contributed by atoms with Gasteiger partial charge in [0.2, 0.25) is 0 Å². The van der Waals surface area contributed by atoms with Crippen LogP contribution in [0.3, 0.4) is 0 Å². The minimum atomic E-state index is -0.0220. The van der Waals surface area contributed by atoms with Gasteiger partial charge in [-0.3, -0.25) is 0 Å². The summed E-state index contributed by atoms with van der Waals surface area (Å²) in [6.45, 7) is 6.72. The van der Waals surface area contributed by atoms with Gasteiger partial charge >= 0.3 is 0 Å². The fourth-order valence-corrected chi connectivity index (χ4v) is 2.13. The number of aliphatic hydroxyl groups is 1. The predicted octanol–water partition coefficient (Wildman–Crippen LogP) is 3.08. The molecule has 0 heterocycles. The summed E-state index contributed by atoms with van der Waals surface area (Å²) in [6, 6.07) is 0. The van der Waals surface area contributed by atoms with Gasteiger partial charge in [0, 0.05) is 0 Å². The lowest BCUT2D eigenvalue weighted by molar-refractivity contribution is 0.0283. The van der Waals surface area contributed by atoms with Gasteiger partial charge in [0.1, 0.15) is 0 Å². The van der Waals surface area contributed by atoms with Crippen molar-refractivity contribution in [3.8, 4) is 0 Å². The molecule has 0 aromatic heterocycles. The number of rotatable bonds is 1. The van der Waals surface area contributed by atoms with E-state index in [1.54, 1.807) is 0 Å². The third-order valence-corrected chi connectivity index (χ3v) is 2.98. The Bertz CT molecular complexity index is 120. The summed E-state index contributed by atoms with van der Waals surface area (Å²) in [6.07, 6.45) is 3.43. The SMILES string of the molecule is C.CC1CCC(O)C(C(C)C)C1. The molecule has 0 saturated heterocycles. The highest BCUT2D eigenvalue weighted by Crippen LogP contribution is 2.33. The van der Waals surface area contributed by atoms with Crippen molar-refractivity contribution < 1.29 is 5.11 Å². The van der Waals surface area contributed by atoms with E-state index < -0.39 is 0 Å². The maximum absolute atomic E-state index is 9.66. The van der Waals surface area contributed by atoms with Crippen LogP contribution < -0.4 is 0 Å². The molecule has 3 unspecified atom stereocenters. The topological polar surface area (TPSA) is 20.2 Å². The Hall–Kier alpha value is -0.0400. The highest BCUT2D eigenvalue weighted by molar-refractivity contribution is 4.79. The van der Waals surface area contributed by atoms with Crippen molar-refractivity contribution in [3.63, 3.8) is 0 Å². The van der Waals surface area contributed by atoms with Gasteiger partial charge in [-0.15, -0.1) is 0 Å². The molecule has 1 saturated carbocycles. The minimum absolute atomic E-state index is 0. The fourth-order valence-electron chi connectivity index (χ4n) is 2.13. The van der Waals surface area contributed by atoms with Crippen LogP contribution in [0.15, 0.2) is 0 Å². The van der Waals surface area contributed by atoms with Crippen LogP contribution in [0.5, 0.6) is 0 Å². The maximum atomic E-state index is 9.66. The van der Waals surface area contributed by atoms with Crippen LogP contribution in [0.1, 0.15) is 47.5 Å². The van der Waals surface area contributed by atoms with Crippen LogP contribution in [0.25, 0.3) is 0 Å². The first kappa shape index (κ1) is 12.0. The molecule has 0 spiro atoms. The molecule has 74 valence electrons. The average Bonchev–Trinajstić information content (AvgIpc) is 1.94. The Balaban J connectivity index is 0.00000121. The van der Waals surface area contributed by atoms with Crippen LogP contribution in [0.4, 0.5) is 0 Å². The van der Waals surface area contributed by atoms with E-state index in [2.05, 4.69) is 20.8 Å². The van der Waals surface area contributed by atoms with E-state index in [9.17, 15) is 5.11 Å². The second-order valence-electron chi connectivity index (χ2n) is 4.39. The van der Waals surface area contributed by atoms with Crippen molar-refractivity contribution in [2.24, 2.45) is 17.8 Å². The summed E-state index contributed by atoms with van der Waals surface area (Å²) >= 11 is 0. The highest BCUT2D eigenvalue weighted by atomic mass is 16.3. The third-order valence-electron chi connectivity index (χ3n) is 2.98. The molecule has 0 bridgehead atoms. The fraction of sp³-hybridized carbons (Fsp3) is 1.00. The second-order valence-corrected chi connectivity index (χ2v) is 4.39. The van der Waals surface area contributed by atoms with Crippen LogP contribution in [-0.2, 0) is 0 Å². The van der Waals surface area contributed by atoms with Crippen molar-refractivity contribution in [2.75, 3.05) is 0 Å². The highest BCUT2D eigenvalue weighted by Gasteiger charge is 2.28. The summed E-state index contributed by atoms with van der Waals surface area (Å²) in [7, 11) is 0. The second kappa shape index (κ2) is 4.86. The van der Waals surface area contributed by atoms with E-state index in [1.165, 1.54) is 12.8 Å². The lowest BCUT2D eigenvalue weighted by Gasteiger charge is -2.34. The molecule has 3 atom stereocenters. The molecule has 1 aliphatic rings. The minimum Gasteiger partial charge on any atom is -0.393 e. The van der Waals surface area contributed by atoms with Gasteiger partial charge in [-0.05, 0) is 37.0 Å². The van der Waals surface area contributed by atoms with Gasteiger partial charge < -0.3 is 5.11 Å². The standard InChI is InChI=1S/C10H20O.CH4/c1-7(2)9-6-8(3)4-5-10(9)11;/h7-11H,4-6H2,1-3H3;1H4. The molecule has 0 amide bonds. The first-order valence-electron chi connectivity index (χ1n) is 4.79. The van der Waals surface area contributed by atoms with Crippen LogP contribution >= 0.6 is 0 Å². The largest absolute Gasteiger partial charge is 0.393 e. The van der Waals surface area contributed by atoms with Crippen molar-refractivity contribution in [2.45, 2.75) is 53.6 Å². The molecule has 1 aliphatic carbocycles. The molecule has 1 nitrogen and oxygen atoms in total. The zero-order valence-electron chi connectivity index (χ0n) is 7.88. The number of hydrogen-bond donors (Lipinski definition) is 1. The van der Waals surface area contributed by atoms with E-state index in [0.717, 1.165) is 12.3 Å². The van der Waals surface area contributed by atoms with Gasteiger partial charge in [-0.2, -0.15) is 0 Å². The quantitative estimate of drug-likeness (QED) is 0.644. The van der Waals surface area contributed by atoms with Gasteiger partial charge in [0.05, 0.1) is 6.10 Å². The third kappa shape index (κ3) is 2.78. The normalized spacial score (nSPS) is 36.2. The van der Waals surface area contributed by atoms with E-state index in [4.69, 9.17) is 0 Å². The van der Waals surface area contributed by atoms with Crippen molar-refractivity contribution in [3.05, 3.63) is 0 Å². The molecule has 1 rings (SSSR count). The summed E-state index contributed by atoms with van der Waals surface area (Å²) in [5.74, 6) is 2.03. The van der Waals surface area contributed by atoms with Gasteiger partial charge in [-0.25, -0.2) is 0 Å². The van der Waals surface area contributed by atoms with Gasteiger partial charge in [0.15, 0.2) is 0 Å². The zero-order valence-corrected chi connectivity index (χ0v) is 7.88. The predicted molar refractivity (Wildman–Crippen MR) is 54.1 cm³/mol. The van der Waals surface area contributed by atoms with E-state index in [1.807, 2.05) is 0 Å². The van der Waals surface area contributed by atoms with E-state index >= 15 is 0 Å². The van der Waals surface area contributed by atoms with E-state index in [-0.39, 0.29) is 13.5 Å². The summed E-state index contributed by atoms with van der Waals surface area (Å²) in [5, 5.41) is 9.66. The lowest BCUT2D eigenvalue weighted by Crippen LogP contribution is -2.31. The smallest absolute Gasteiger partial charge is 0.0571 e. The Kier molecular flexibility index (Phi) is 4.84. The van der Waals surface area contributed by atoms with Crippen molar-refractivity contribution >= 4 is 0 Å². The molecule has 0 aromatic carbocycles.